The molecule has 0 aliphatic rings. The minimum Gasteiger partial charge on any atom is -0.398 e. The van der Waals surface area contributed by atoms with Crippen LogP contribution in [-0.4, -0.2) is 0 Å². The van der Waals surface area contributed by atoms with E-state index in [-0.39, 0.29) is 0 Å². The monoisotopic (exact) mass is 258 g/mol. The molecule has 0 bridgehead atoms. The van der Waals surface area contributed by atoms with E-state index in [1.807, 2.05) is 18.2 Å². The van der Waals surface area contributed by atoms with Crippen LogP contribution in [0.25, 0.3) is 0 Å². The lowest BCUT2D eigenvalue weighted by molar-refractivity contribution is 1.25. The first-order valence-corrected chi connectivity index (χ1v) is 4.23. The zero-order valence-corrected chi connectivity index (χ0v) is 8.00. The molecule has 0 unspecified atom stereocenters. The van der Waals surface area contributed by atoms with Crippen LogP contribution < -0.4 is 5.73 Å². The molecule has 0 radical (unpaired) electrons. The molecular formula is C8H7IN2. The summed E-state index contributed by atoms with van der Waals surface area (Å²) in [4.78, 5) is 0. The van der Waals surface area contributed by atoms with Gasteiger partial charge in [-0.15, -0.1) is 0 Å². The first-order chi connectivity index (χ1) is 5.25. The van der Waals surface area contributed by atoms with Gasteiger partial charge in [-0.2, -0.15) is 5.26 Å². The number of nitrogens with two attached hydrogens (primary N) is 1. The van der Waals surface area contributed by atoms with Gasteiger partial charge >= 0.3 is 0 Å². The maximum absolute atomic E-state index is 8.44. The third kappa shape index (κ3) is 1.84. The van der Waals surface area contributed by atoms with Crippen molar-refractivity contribution in [3.8, 4) is 6.07 Å². The van der Waals surface area contributed by atoms with E-state index >= 15 is 0 Å². The van der Waals surface area contributed by atoms with Gasteiger partial charge in [0.1, 0.15) is 0 Å². The van der Waals surface area contributed by atoms with Gasteiger partial charge in [0.15, 0.2) is 0 Å². The highest BCUT2D eigenvalue weighted by Crippen LogP contribution is 2.19. The molecule has 0 heterocycles. The minimum absolute atomic E-state index is 0.434. The molecule has 2 nitrogen and oxygen atoms in total. The number of hydrogen-bond acceptors (Lipinski definition) is 2. The molecule has 0 aliphatic heterocycles. The van der Waals surface area contributed by atoms with Crippen molar-refractivity contribution in [2.75, 3.05) is 5.73 Å². The number of nitriles is 1. The molecule has 1 rings (SSSR count). The molecule has 0 fully saturated rings. The van der Waals surface area contributed by atoms with Crippen molar-refractivity contribution < 1.29 is 0 Å². The van der Waals surface area contributed by atoms with Crippen LogP contribution in [0.4, 0.5) is 5.69 Å². The summed E-state index contributed by atoms with van der Waals surface area (Å²) in [5, 5.41) is 8.44. The van der Waals surface area contributed by atoms with Crippen LogP contribution in [0.1, 0.15) is 5.56 Å². The van der Waals surface area contributed by atoms with Gasteiger partial charge in [-0.3, -0.25) is 0 Å². The molecule has 56 valence electrons. The van der Waals surface area contributed by atoms with Crippen molar-refractivity contribution in [1.82, 2.24) is 0 Å². The Morgan fingerprint density at radius 1 is 1.55 bits per heavy atom. The molecule has 3 heteroatoms. The van der Waals surface area contributed by atoms with Crippen LogP contribution in [0.5, 0.6) is 0 Å². The maximum atomic E-state index is 8.44. The lowest BCUT2D eigenvalue weighted by Crippen LogP contribution is -1.93. The van der Waals surface area contributed by atoms with Gasteiger partial charge in [-0.05, 0) is 34.2 Å². The second-order valence-corrected chi connectivity index (χ2v) is 3.23. The molecule has 0 atom stereocenters. The summed E-state index contributed by atoms with van der Waals surface area (Å²) < 4.78 is 0.992. The molecule has 0 aliphatic carbocycles. The predicted molar refractivity (Wildman–Crippen MR) is 52.9 cm³/mol. The maximum Gasteiger partial charge on any atom is 0.0670 e. The zero-order chi connectivity index (χ0) is 8.27. The van der Waals surface area contributed by atoms with Crippen molar-refractivity contribution >= 4 is 28.3 Å². The summed E-state index contributed by atoms with van der Waals surface area (Å²) in [5.41, 5.74) is 7.39. The Kier molecular flexibility index (Phi) is 2.71. The summed E-state index contributed by atoms with van der Waals surface area (Å²) in [6, 6.07) is 7.71. The Bertz CT molecular complexity index is 301. The largest absolute Gasteiger partial charge is 0.398 e. The summed E-state index contributed by atoms with van der Waals surface area (Å²) in [6.45, 7) is 0. The number of halogens is 1. The van der Waals surface area contributed by atoms with Crippen LogP contribution in [-0.2, 0) is 6.42 Å². The number of nitrogens with zero attached hydrogens (tertiary/aromatic N) is 1. The topological polar surface area (TPSA) is 49.8 Å². The summed E-state index contributed by atoms with van der Waals surface area (Å²) in [6.07, 6.45) is 0.434. The van der Waals surface area contributed by atoms with Crippen molar-refractivity contribution in [1.29, 1.82) is 5.26 Å². The SMILES string of the molecule is N#CCc1cccc(N)c1I. The van der Waals surface area contributed by atoms with E-state index < -0.39 is 0 Å². The lowest BCUT2D eigenvalue weighted by Gasteiger charge is -2.01. The van der Waals surface area contributed by atoms with E-state index in [0.29, 0.717) is 6.42 Å². The number of anilines is 1. The summed E-state index contributed by atoms with van der Waals surface area (Å²) >= 11 is 2.15. The highest BCUT2D eigenvalue weighted by Gasteiger charge is 2.00. The molecule has 0 amide bonds. The standard InChI is InChI=1S/C8H7IN2/c9-8-6(4-5-10)2-1-3-7(8)11/h1-3H,4,11H2. The first-order valence-electron chi connectivity index (χ1n) is 3.15. The van der Waals surface area contributed by atoms with E-state index in [4.69, 9.17) is 11.0 Å². The Balaban J connectivity index is 3.08. The van der Waals surface area contributed by atoms with E-state index in [9.17, 15) is 0 Å². The summed E-state index contributed by atoms with van der Waals surface area (Å²) in [7, 11) is 0. The van der Waals surface area contributed by atoms with Gasteiger partial charge in [0.25, 0.3) is 0 Å². The average Bonchev–Trinajstić information content (AvgIpc) is 1.99. The molecule has 0 saturated heterocycles. The van der Waals surface area contributed by atoms with Gasteiger partial charge in [-0.25, -0.2) is 0 Å². The second kappa shape index (κ2) is 3.58. The predicted octanol–water partition coefficient (Wildman–Crippen LogP) is 1.94. The van der Waals surface area contributed by atoms with Gasteiger partial charge in [0, 0.05) is 9.26 Å². The number of nitrogen functional groups attached to an aromatic ring is 1. The fourth-order valence-corrected chi connectivity index (χ4v) is 1.37. The van der Waals surface area contributed by atoms with Crippen molar-refractivity contribution in [3.05, 3.63) is 27.3 Å². The highest BCUT2D eigenvalue weighted by molar-refractivity contribution is 14.1. The smallest absolute Gasteiger partial charge is 0.0670 e. The highest BCUT2D eigenvalue weighted by atomic mass is 127. The zero-order valence-electron chi connectivity index (χ0n) is 5.84. The summed E-state index contributed by atoms with van der Waals surface area (Å²) in [5.74, 6) is 0. The molecule has 1 aromatic carbocycles. The third-order valence-electron chi connectivity index (χ3n) is 1.38. The fourth-order valence-electron chi connectivity index (χ4n) is 0.821. The van der Waals surface area contributed by atoms with Crippen LogP contribution in [0.3, 0.4) is 0 Å². The van der Waals surface area contributed by atoms with Gasteiger partial charge < -0.3 is 5.73 Å². The van der Waals surface area contributed by atoms with Crippen LogP contribution in [0.2, 0.25) is 0 Å². The molecule has 0 saturated carbocycles. The van der Waals surface area contributed by atoms with Crippen LogP contribution in [0.15, 0.2) is 18.2 Å². The molecule has 2 N–H and O–H groups in total. The van der Waals surface area contributed by atoms with Crippen molar-refractivity contribution in [2.45, 2.75) is 6.42 Å². The molecule has 11 heavy (non-hydrogen) atoms. The average molecular weight is 258 g/mol. The quantitative estimate of drug-likeness (QED) is 0.618. The molecular weight excluding hydrogens is 251 g/mol. The van der Waals surface area contributed by atoms with Gasteiger partial charge in [0.05, 0.1) is 12.5 Å². The van der Waals surface area contributed by atoms with E-state index in [2.05, 4.69) is 28.7 Å². The van der Waals surface area contributed by atoms with Gasteiger partial charge in [-0.1, -0.05) is 12.1 Å². The number of hydrogen-bond donors (Lipinski definition) is 1. The Morgan fingerprint density at radius 2 is 2.27 bits per heavy atom. The first kappa shape index (κ1) is 8.34. The van der Waals surface area contributed by atoms with E-state index in [1.165, 1.54) is 0 Å². The Labute approximate surface area is 79.2 Å². The Hall–Kier alpha value is -0.760. The van der Waals surface area contributed by atoms with Crippen molar-refractivity contribution in [2.24, 2.45) is 0 Å². The second-order valence-electron chi connectivity index (χ2n) is 2.16. The fraction of sp³-hybridized carbons (Fsp3) is 0.125. The number of rotatable bonds is 1. The number of benzene rings is 1. The van der Waals surface area contributed by atoms with Crippen LogP contribution >= 0.6 is 22.6 Å². The molecule has 1 aromatic rings. The lowest BCUT2D eigenvalue weighted by atomic mass is 10.1. The Morgan fingerprint density at radius 3 is 2.91 bits per heavy atom. The van der Waals surface area contributed by atoms with E-state index in [1.54, 1.807) is 0 Å². The van der Waals surface area contributed by atoms with E-state index in [0.717, 1.165) is 14.8 Å². The molecule has 0 aromatic heterocycles. The minimum atomic E-state index is 0.434. The van der Waals surface area contributed by atoms with Crippen LogP contribution in [0, 0.1) is 14.9 Å². The third-order valence-corrected chi connectivity index (χ3v) is 2.69. The molecule has 0 spiro atoms. The normalized spacial score (nSPS) is 9.09. The van der Waals surface area contributed by atoms with Gasteiger partial charge in [0.2, 0.25) is 0 Å². The van der Waals surface area contributed by atoms with Crippen molar-refractivity contribution in [3.63, 3.8) is 0 Å².